The highest BCUT2D eigenvalue weighted by Crippen LogP contribution is 2.25. The molecule has 0 bridgehead atoms. The van der Waals surface area contributed by atoms with Gasteiger partial charge in [0.15, 0.2) is 5.78 Å². The van der Waals surface area contributed by atoms with Gasteiger partial charge in [-0.25, -0.2) is 0 Å². The second-order valence-electron chi connectivity index (χ2n) is 4.67. The van der Waals surface area contributed by atoms with Crippen molar-refractivity contribution >= 4 is 5.78 Å². The van der Waals surface area contributed by atoms with Gasteiger partial charge in [0.1, 0.15) is 5.60 Å². The van der Waals surface area contributed by atoms with Crippen molar-refractivity contribution in [2.75, 3.05) is 0 Å². The van der Waals surface area contributed by atoms with Crippen molar-refractivity contribution in [1.82, 2.24) is 0 Å². The van der Waals surface area contributed by atoms with Crippen LogP contribution in [-0.4, -0.2) is 16.5 Å². The Kier molecular flexibility index (Phi) is 3.75. The highest BCUT2D eigenvalue weighted by Gasteiger charge is 2.34. The minimum Gasteiger partial charge on any atom is -0.382 e. The standard InChI is InChI=1S/C15H18O2/c16-14(12-13-8-4-3-5-9-13)15(17)10-6-1-2-7-11-15/h1-5,8-9,17H,6-7,10-12H2. The molecule has 0 atom stereocenters. The van der Waals surface area contributed by atoms with E-state index in [1.807, 2.05) is 42.5 Å². The topological polar surface area (TPSA) is 37.3 Å². The maximum atomic E-state index is 12.2. The van der Waals surface area contributed by atoms with Crippen LogP contribution in [0, 0.1) is 0 Å². The van der Waals surface area contributed by atoms with Crippen LogP contribution in [-0.2, 0) is 11.2 Å². The van der Waals surface area contributed by atoms with Crippen molar-refractivity contribution in [3.8, 4) is 0 Å². The molecule has 1 aromatic carbocycles. The van der Waals surface area contributed by atoms with Crippen molar-refractivity contribution in [2.45, 2.75) is 37.7 Å². The van der Waals surface area contributed by atoms with Crippen molar-refractivity contribution in [3.63, 3.8) is 0 Å². The summed E-state index contributed by atoms with van der Waals surface area (Å²) in [6, 6.07) is 9.62. The third-order valence-electron chi connectivity index (χ3n) is 3.34. The highest BCUT2D eigenvalue weighted by molar-refractivity contribution is 5.89. The number of aliphatic hydroxyl groups is 1. The third kappa shape index (κ3) is 3.04. The van der Waals surface area contributed by atoms with E-state index < -0.39 is 5.60 Å². The number of carbonyl (C=O) groups excluding carboxylic acids is 1. The van der Waals surface area contributed by atoms with Crippen LogP contribution in [0.15, 0.2) is 42.5 Å². The minimum atomic E-state index is -1.13. The van der Waals surface area contributed by atoms with E-state index in [9.17, 15) is 9.90 Å². The van der Waals surface area contributed by atoms with Gasteiger partial charge in [-0.1, -0.05) is 42.5 Å². The summed E-state index contributed by atoms with van der Waals surface area (Å²) < 4.78 is 0. The molecule has 1 aliphatic carbocycles. The Hall–Kier alpha value is -1.41. The largest absolute Gasteiger partial charge is 0.382 e. The van der Waals surface area contributed by atoms with Gasteiger partial charge in [0, 0.05) is 6.42 Å². The first-order chi connectivity index (χ1) is 8.21. The van der Waals surface area contributed by atoms with Gasteiger partial charge in [0.05, 0.1) is 0 Å². The fraction of sp³-hybridized carbons (Fsp3) is 0.400. The fourth-order valence-electron chi connectivity index (χ4n) is 2.23. The average Bonchev–Trinajstić information content (AvgIpc) is 2.56. The van der Waals surface area contributed by atoms with Crippen LogP contribution in [0.2, 0.25) is 0 Å². The fourth-order valence-corrected chi connectivity index (χ4v) is 2.23. The molecule has 1 aliphatic rings. The van der Waals surface area contributed by atoms with Gasteiger partial charge >= 0.3 is 0 Å². The number of ketones is 1. The predicted molar refractivity (Wildman–Crippen MR) is 67.7 cm³/mol. The van der Waals surface area contributed by atoms with Crippen molar-refractivity contribution < 1.29 is 9.90 Å². The van der Waals surface area contributed by atoms with Crippen LogP contribution in [0.5, 0.6) is 0 Å². The quantitative estimate of drug-likeness (QED) is 0.810. The van der Waals surface area contributed by atoms with Gasteiger partial charge in [-0.05, 0) is 31.2 Å². The Morgan fingerprint density at radius 1 is 1.12 bits per heavy atom. The highest BCUT2D eigenvalue weighted by atomic mass is 16.3. The molecule has 2 heteroatoms. The van der Waals surface area contributed by atoms with E-state index in [0.717, 1.165) is 18.4 Å². The number of allylic oxidation sites excluding steroid dienone is 2. The summed E-state index contributed by atoms with van der Waals surface area (Å²) in [5, 5.41) is 10.4. The molecule has 0 aliphatic heterocycles. The molecule has 2 rings (SSSR count). The van der Waals surface area contributed by atoms with Crippen LogP contribution in [0.25, 0.3) is 0 Å². The lowest BCUT2D eigenvalue weighted by molar-refractivity contribution is -0.137. The van der Waals surface area contributed by atoms with Crippen molar-refractivity contribution in [1.29, 1.82) is 0 Å². The maximum Gasteiger partial charge on any atom is 0.168 e. The number of hydrogen-bond acceptors (Lipinski definition) is 2. The molecule has 17 heavy (non-hydrogen) atoms. The summed E-state index contributed by atoms with van der Waals surface area (Å²) in [6.45, 7) is 0. The van der Waals surface area contributed by atoms with Crippen LogP contribution < -0.4 is 0 Å². The second-order valence-corrected chi connectivity index (χ2v) is 4.67. The van der Waals surface area contributed by atoms with Gasteiger partial charge in [-0.15, -0.1) is 0 Å². The number of rotatable bonds is 3. The molecule has 0 saturated carbocycles. The molecule has 2 nitrogen and oxygen atoms in total. The first kappa shape index (κ1) is 12.1. The van der Waals surface area contributed by atoms with Crippen LogP contribution >= 0.6 is 0 Å². The van der Waals surface area contributed by atoms with Crippen molar-refractivity contribution in [3.05, 3.63) is 48.0 Å². The third-order valence-corrected chi connectivity index (χ3v) is 3.34. The molecule has 0 amide bonds. The summed E-state index contributed by atoms with van der Waals surface area (Å²) in [7, 11) is 0. The van der Waals surface area contributed by atoms with Gasteiger partial charge in [0.2, 0.25) is 0 Å². The molecular formula is C15H18O2. The zero-order valence-electron chi connectivity index (χ0n) is 9.93. The lowest BCUT2D eigenvalue weighted by atomic mass is 9.86. The molecule has 0 aromatic heterocycles. The van der Waals surface area contributed by atoms with E-state index in [1.165, 1.54) is 0 Å². The van der Waals surface area contributed by atoms with Crippen molar-refractivity contribution in [2.24, 2.45) is 0 Å². The summed E-state index contributed by atoms with van der Waals surface area (Å²) in [5.74, 6) is -0.0487. The van der Waals surface area contributed by atoms with E-state index in [4.69, 9.17) is 0 Å². The molecule has 0 radical (unpaired) electrons. The summed E-state index contributed by atoms with van der Waals surface area (Å²) in [5.41, 5.74) is -0.151. The molecule has 0 unspecified atom stereocenters. The molecule has 1 aromatic rings. The summed E-state index contributed by atoms with van der Waals surface area (Å²) >= 11 is 0. The zero-order chi connectivity index (χ0) is 12.1. The number of benzene rings is 1. The van der Waals surface area contributed by atoms with E-state index >= 15 is 0 Å². The SMILES string of the molecule is O=C(Cc1ccccc1)C1(O)CCC=CCC1. The molecule has 1 N–H and O–H groups in total. The number of Topliss-reactive ketones (excluding diaryl/α,β-unsaturated/α-hetero) is 1. The summed E-state index contributed by atoms with van der Waals surface area (Å²) in [4.78, 5) is 12.2. The van der Waals surface area contributed by atoms with Gasteiger partial charge < -0.3 is 5.11 Å². The average molecular weight is 230 g/mol. The number of hydrogen-bond donors (Lipinski definition) is 1. The molecule has 0 fully saturated rings. The predicted octanol–water partition coefficient (Wildman–Crippen LogP) is 2.66. The van der Waals surface area contributed by atoms with E-state index in [1.54, 1.807) is 0 Å². The van der Waals surface area contributed by atoms with Gasteiger partial charge in [-0.3, -0.25) is 4.79 Å². The second kappa shape index (κ2) is 5.28. The lowest BCUT2D eigenvalue weighted by Gasteiger charge is -2.24. The van der Waals surface area contributed by atoms with Gasteiger partial charge in [0.25, 0.3) is 0 Å². The first-order valence-electron chi connectivity index (χ1n) is 6.15. The first-order valence-corrected chi connectivity index (χ1v) is 6.15. The molecule has 0 heterocycles. The minimum absolute atomic E-state index is 0.0487. The monoisotopic (exact) mass is 230 g/mol. The molecular weight excluding hydrogens is 212 g/mol. The normalized spacial score (nSPS) is 18.6. The Balaban J connectivity index is 2.04. The Bertz CT molecular complexity index is 396. The van der Waals surface area contributed by atoms with E-state index in [-0.39, 0.29) is 5.78 Å². The van der Waals surface area contributed by atoms with E-state index in [2.05, 4.69) is 0 Å². The van der Waals surface area contributed by atoms with E-state index in [0.29, 0.717) is 19.3 Å². The molecule has 0 saturated heterocycles. The zero-order valence-corrected chi connectivity index (χ0v) is 9.93. The molecule has 0 spiro atoms. The number of carbonyl (C=O) groups is 1. The Morgan fingerprint density at radius 3 is 2.29 bits per heavy atom. The van der Waals surface area contributed by atoms with Crippen LogP contribution in [0.4, 0.5) is 0 Å². The molecule has 90 valence electrons. The lowest BCUT2D eigenvalue weighted by Crippen LogP contribution is -2.39. The smallest absolute Gasteiger partial charge is 0.168 e. The Morgan fingerprint density at radius 2 is 1.71 bits per heavy atom. The Labute approximate surface area is 102 Å². The van der Waals surface area contributed by atoms with Gasteiger partial charge in [-0.2, -0.15) is 0 Å². The summed E-state index contributed by atoms with van der Waals surface area (Å²) in [6.07, 6.45) is 7.11. The van der Waals surface area contributed by atoms with Crippen LogP contribution in [0.1, 0.15) is 31.2 Å². The van der Waals surface area contributed by atoms with Crippen LogP contribution in [0.3, 0.4) is 0 Å². The maximum absolute atomic E-state index is 12.2.